The van der Waals surface area contributed by atoms with Gasteiger partial charge in [-0.1, -0.05) is 12.1 Å². The molecule has 0 saturated heterocycles. The highest BCUT2D eigenvalue weighted by molar-refractivity contribution is 5.82. The highest BCUT2D eigenvalue weighted by Crippen LogP contribution is 2.28. The quantitative estimate of drug-likeness (QED) is 0.809. The van der Waals surface area contributed by atoms with E-state index in [1.165, 1.54) is 6.92 Å². The Kier molecular flexibility index (Phi) is 5.25. The van der Waals surface area contributed by atoms with Gasteiger partial charge in [-0.3, -0.25) is 4.79 Å². The summed E-state index contributed by atoms with van der Waals surface area (Å²) in [6.45, 7) is 4.47. The summed E-state index contributed by atoms with van der Waals surface area (Å²) >= 11 is 0. The fourth-order valence-electron chi connectivity index (χ4n) is 2.14. The van der Waals surface area contributed by atoms with Gasteiger partial charge in [-0.2, -0.15) is 0 Å². The lowest BCUT2D eigenvalue weighted by molar-refractivity contribution is -0.138. The van der Waals surface area contributed by atoms with Gasteiger partial charge in [0.05, 0.1) is 6.61 Å². The fourth-order valence-corrected chi connectivity index (χ4v) is 2.14. The summed E-state index contributed by atoms with van der Waals surface area (Å²) in [6, 6.07) is 6.58. The van der Waals surface area contributed by atoms with E-state index in [2.05, 4.69) is 5.32 Å². The smallest absolute Gasteiger partial charge is 0.325 e. The lowest BCUT2D eigenvalue weighted by Gasteiger charge is -2.24. The Morgan fingerprint density at radius 1 is 1.36 bits per heavy atom. The maximum absolute atomic E-state index is 12.2. The second kappa shape index (κ2) is 7.15. The van der Waals surface area contributed by atoms with Crippen molar-refractivity contribution in [2.45, 2.75) is 45.3 Å². The first-order chi connectivity index (χ1) is 10.5. The molecule has 2 N–H and O–H groups in total. The van der Waals surface area contributed by atoms with Gasteiger partial charge < -0.3 is 20.1 Å². The van der Waals surface area contributed by atoms with Crippen LogP contribution in [0.2, 0.25) is 0 Å². The van der Waals surface area contributed by atoms with Crippen LogP contribution in [0, 0.1) is 0 Å². The van der Waals surface area contributed by atoms with Crippen LogP contribution in [-0.4, -0.2) is 40.7 Å². The summed E-state index contributed by atoms with van der Waals surface area (Å²) in [5, 5.41) is 11.4. The van der Waals surface area contributed by atoms with Crippen LogP contribution in [0.25, 0.3) is 0 Å². The van der Waals surface area contributed by atoms with Crippen LogP contribution < -0.4 is 10.1 Å². The van der Waals surface area contributed by atoms with Crippen molar-refractivity contribution in [3.63, 3.8) is 0 Å². The van der Waals surface area contributed by atoms with Crippen molar-refractivity contribution >= 4 is 12.0 Å². The zero-order valence-electron chi connectivity index (χ0n) is 12.9. The predicted octanol–water partition coefficient (Wildman–Crippen LogP) is 2.23. The van der Waals surface area contributed by atoms with E-state index < -0.39 is 12.0 Å². The molecular weight excluding hydrogens is 284 g/mol. The number of nitrogens with one attached hydrogen (secondary N) is 1. The number of benzene rings is 1. The minimum Gasteiger partial charge on any atom is -0.494 e. The lowest BCUT2D eigenvalue weighted by Crippen LogP contribution is -2.47. The standard InChI is InChI=1S/C16H22N2O4/c1-3-22-14-8-4-12(5-9-14)10-18(13-6-7-13)16(21)17-11(2)15(19)20/h4-5,8-9,11,13H,3,6-7,10H2,1-2H3,(H,17,21)(H,19,20)/t11-/m0/s1. The van der Waals surface area contributed by atoms with Crippen LogP contribution in [-0.2, 0) is 11.3 Å². The minimum atomic E-state index is -1.04. The first-order valence-electron chi connectivity index (χ1n) is 7.53. The molecule has 0 aromatic heterocycles. The normalized spacial score (nSPS) is 15.0. The Morgan fingerprint density at radius 3 is 2.50 bits per heavy atom. The van der Waals surface area contributed by atoms with Crippen LogP contribution in [0.4, 0.5) is 4.79 Å². The third-order valence-corrected chi connectivity index (χ3v) is 3.55. The van der Waals surface area contributed by atoms with Crippen LogP contribution in [0.15, 0.2) is 24.3 Å². The zero-order chi connectivity index (χ0) is 16.1. The van der Waals surface area contributed by atoms with E-state index in [-0.39, 0.29) is 12.1 Å². The molecule has 0 heterocycles. The van der Waals surface area contributed by atoms with Crippen molar-refractivity contribution in [2.75, 3.05) is 6.61 Å². The van der Waals surface area contributed by atoms with Crippen LogP contribution >= 0.6 is 0 Å². The van der Waals surface area contributed by atoms with Crippen molar-refractivity contribution < 1.29 is 19.4 Å². The van der Waals surface area contributed by atoms with Crippen molar-refractivity contribution in [3.8, 4) is 5.75 Å². The van der Waals surface area contributed by atoms with Gasteiger partial charge in [0.1, 0.15) is 11.8 Å². The monoisotopic (exact) mass is 306 g/mol. The van der Waals surface area contributed by atoms with E-state index in [1.54, 1.807) is 4.90 Å². The zero-order valence-corrected chi connectivity index (χ0v) is 12.9. The molecule has 1 aliphatic rings. The van der Waals surface area contributed by atoms with Gasteiger partial charge in [-0.25, -0.2) is 4.79 Å². The highest BCUT2D eigenvalue weighted by Gasteiger charge is 2.33. The molecule has 1 aliphatic carbocycles. The van der Waals surface area contributed by atoms with Crippen LogP contribution in [0.3, 0.4) is 0 Å². The number of aliphatic carboxylic acids is 1. The molecule has 0 unspecified atom stereocenters. The molecule has 0 aliphatic heterocycles. The van der Waals surface area contributed by atoms with E-state index in [0.29, 0.717) is 13.2 Å². The number of rotatable bonds is 7. The van der Waals surface area contributed by atoms with Gasteiger partial charge in [-0.05, 0) is 44.4 Å². The summed E-state index contributed by atoms with van der Waals surface area (Å²) in [7, 11) is 0. The first kappa shape index (κ1) is 16.1. The summed E-state index contributed by atoms with van der Waals surface area (Å²) < 4.78 is 5.39. The topological polar surface area (TPSA) is 78.9 Å². The average Bonchev–Trinajstić information content (AvgIpc) is 3.31. The molecule has 6 heteroatoms. The maximum atomic E-state index is 12.2. The molecule has 22 heavy (non-hydrogen) atoms. The molecule has 120 valence electrons. The Labute approximate surface area is 130 Å². The number of carbonyl (C=O) groups is 2. The van der Waals surface area contributed by atoms with Crippen LogP contribution in [0.1, 0.15) is 32.3 Å². The Morgan fingerprint density at radius 2 is 2.00 bits per heavy atom. The minimum absolute atomic E-state index is 0.201. The van der Waals surface area contributed by atoms with E-state index >= 15 is 0 Å². The number of carbonyl (C=O) groups excluding carboxylic acids is 1. The summed E-state index contributed by atoms with van der Waals surface area (Å²) in [4.78, 5) is 24.8. The second-order valence-electron chi connectivity index (χ2n) is 5.45. The average molecular weight is 306 g/mol. The fraction of sp³-hybridized carbons (Fsp3) is 0.500. The lowest BCUT2D eigenvalue weighted by atomic mass is 10.2. The molecule has 1 fully saturated rings. The van der Waals surface area contributed by atoms with E-state index in [0.717, 1.165) is 24.2 Å². The second-order valence-corrected chi connectivity index (χ2v) is 5.45. The third kappa shape index (κ3) is 4.38. The Balaban J connectivity index is 1.99. The largest absolute Gasteiger partial charge is 0.494 e. The maximum Gasteiger partial charge on any atom is 0.325 e. The number of hydrogen-bond acceptors (Lipinski definition) is 3. The number of carboxylic acid groups (broad SMARTS) is 1. The molecule has 1 saturated carbocycles. The molecule has 2 rings (SSSR count). The van der Waals surface area contributed by atoms with Gasteiger partial charge >= 0.3 is 12.0 Å². The van der Waals surface area contributed by atoms with Crippen molar-refractivity contribution in [2.24, 2.45) is 0 Å². The molecule has 0 spiro atoms. The number of hydrogen-bond donors (Lipinski definition) is 2. The molecule has 0 bridgehead atoms. The molecule has 0 radical (unpaired) electrons. The number of nitrogens with zero attached hydrogens (tertiary/aromatic N) is 1. The molecule has 6 nitrogen and oxygen atoms in total. The van der Waals surface area contributed by atoms with Gasteiger partial charge in [-0.15, -0.1) is 0 Å². The van der Waals surface area contributed by atoms with Crippen molar-refractivity contribution in [1.82, 2.24) is 10.2 Å². The summed E-state index contributed by atoms with van der Waals surface area (Å²) in [5.74, 6) is -0.238. The Hall–Kier alpha value is -2.24. The van der Waals surface area contributed by atoms with Crippen molar-refractivity contribution in [1.29, 1.82) is 0 Å². The molecule has 1 aromatic rings. The third-order valence-electron chi connectivity index (χ3n) is 3.55. The molecular formula is C16H22N2O4. The number of ether oxygens (including phenoxy) is 1. The molecule has 1 aromatic carbocycles. The van der Waals surface area contributed by atoms with Crippen LogP contribution in [0.5, 0.6) is 5.75 Å². The van der Waals surface area contributed by atoms with Gasteiger partial charge in [0.15, 0.2) is 0 Å². The number of urea groups is 1. The van der Waals surface area contributed by atoms with Gasteiger partial charge in [0.2, 0.25) is 0 Å². The molecule has 2 amide bonds. The van der Waals surface area contributed by atoms with Crippen molar-refractivity contribution in [3.05, 3.63) is 29.8 Å². The number of amides is 2. The SMILES string of the molecule is CCOc1ccc(CN(C(=O)N[C@@H](C)C(=O)O)C2CC2)cc1. The molecule has 1 atom stereocenters. The summed E-state index contributed by atoms with van der Waals surface area (Å²) in [6.07, 6.45) is 1.93. The number of carboxylic acids is 1. The van der Waals surface area contributed by atoms with E-state index in [9.17, 15) is 9.59 Å². The van der Waals surface area contributed by atoms with Gasteiger partial charge in [0, 0.05) is 12.6 Å². The predicted molar refractivity (Wildman–Crippen MR) is 81.8 cm³/mol. The first-order valence-corrected chi connectivity index (χ1v) is 7.53. The van der Waals surface area contributed by atoms with Gasteiger partial charge in [0.25, 0.3) is 0 Å². The Bertz CT molecular complexity index is 525. The summed E-state index contributed by atoms with van der Waals surface area (Å²) in [5.41, 5.74) is 0.994. The van der Waals surface area contributed by atoms with E-state index in [1.807, 2.05) is 31.2 Å². The van der Waals surface area contributed by atoms with E-state index in [4.69, 9.17) is 9.84 Å². The highest BCUT2D eigenvalue weighted by atomic mass is 16.5.